The Bertz CT molecular complexity index is 579. The number of rotatable bonds is 4. The molecule has 1 aromatic heterocycles. The number of ether oxygens (including phenoxy) is 1. The number of halogens is 1. The summed E-state index contributed by atoms with van der Waals surface area (Å²) >= 11 is 1.56. The summed E-state index contributed by atoms with van der Waals surface area (Å²) in [6.45, 7) is 1.57. The standard InChI is InChI=1S/C14H16FN3OS/c1-20-14-17-16-13(10-4-6-11(15)7-5-10)18(14)9-12-3-2-8-19-12/h4-7,12H,2-3,8-9H2,1H3/t12-/m0/s1. The molecule has 1 saturated heterocycles. The Morgan fingerprint density at radius 1 is 1.35 bits per heavy atom. The maximum Gasteiger partial charge on any atom is 0.191 e. The van der Waals surface area contributed by atoms with Gasteiger partial charge < -0.3 is 4.74 Å². The topological polar surface area (TPSA) is 39.9 Å². The first-order valence-corrected chi connectivity index (χ1v) is 7.85. The van der Waals surface area contributed by atoms with Crippen LogP contribution in [-0.4, -0.2) is 33.7 Å². The van der Waals surface area contributed by atoms with Crippen molar-refractivity contribution in [3.8, 4) is 11.4 Å². The van der Waals surface area contributed by atoms with Crippen LogP contribution in [0.25, 0.3) is 11.4 Å². The zero-order valence-electron chi connectivity index (χ0n) is 11.3. The molecule has 1 fully saturated rings. The van der Waals surface area contributed by atoms with E-state index in [1.54, 1.807) is 23.9 Å². The highest BCUT2D eigenvalue weighted by atomic mass is 32.2. The van der Waals surface area contributed by atoms with Gasteiger partial charge in [-0.15, -0.1) is 10.2 Å². The van der Waals surface area contributed by atoms with Crippen LogP contribution in [0.15, 0.2) is 29.4 Å². The van der Waals surface area contributed by atoms with Gasteiger partial charge in [-0.2, -0.15) is 0 Å². The lowest BCUT2D eigenvalue weighted by atomic mass is 10.2. The van der Waals surface area contributed by atoms with E-state index in [1.165, 1.54) is 12.1 Å². The fourth-order valence-corrected chi connectivity index (χ4v) is 2.91. The minimum absolute atomic E-state index is 0.219. The number of hydrogen-bond donors (Lipinski definition) is 0. The van der Waals surface area contributed by atoms with Crippen molar-refractivity contribution in [1.82, 2.24) is 14.8 Å². The number of thioether (sulfide) groups is 1. The van der Waals surface area contributed by atoms with Crippen molar-refractivity contribution in [3.63, 3.8) is 0 Å². The third kappa shape index (κ3) is 2.71. The molecule has 6 heteroatoms. The summed E-state index contributed by atoms with van der Waals surface area (Å²) in [5, 5.41) is 9.31. The second-order valence-electron chi connectivity index (χ2n) is 4.76. The van der Waals surface area contributed by atoms with Crippen LogP contribution < -0.4 is 0 Å². The zero-order chi connectivity index (χ0) is 13.9. The summed E-state index contributed by atoms with van der Waals surface area (Å²) in [7, 11) is 0. The smallest absolute Gasteiger partial charge is 0.191 e. The van der Waals surface area contributed by atoms with Gasteiger partial charge in [0.05, 0.1) is 12.6 Å². The second kappa shape index (κ2) is 5.93. The first kappa shape index (κ1) is 13.6. The van der Waals surface area contributed by atoms with Crippen molar-refractivity contribution in [2.24, 2.45) is 0 Å². The third-order valence-corrected chi connectivity index (χ3v) is 4.08. The predicted octanol–water partition coefficient (Wildman–Crippen LogP) is 2.99. The van der Waals surface area contributed by atoms with E-state index in [2.05, 4.69) is 14.8 Å². The monoisotopic (exact) mass is 293 g/mol. The molecule has 0 bridgehead atoms. The summed E-state index contributed by atoms with van der Waals surface area (Å²) in [4.78, 5) is 0. The Hall–Kier alpha value is -1.40. The van der Waals surface area contributed by atoms with E-state index in [0.29, 0.717) is 0 Å². The summed E-state index contributed by atoms with van der Waals surface area (Å²) < 4.78 is 20.8. The molecule has 20 heavy (non-hydrogen) atoms. The van der Waals surface area contributed by atoms with E-state index in [0.717, 1.165) is 42.5 Å². The SMILES string of the molecule is CSc1nnc(-c2ccc(F)cc2)n1C[C@@H]1CCCO1. The average Bonchev–Trinajstić information content (AvgIpc) is 3.10. The summed E-state index contributed by atoms with van der Waals surface area (Å²) in [6, 6.07) is 6.35. The van der Waals surface area contributed by atoms with Crippen molar-refractivity contribution in [2.45, 2.75) is 30.6 Å². The molecule has 2 aromatic rings. The third-order valence-electron chi connectivity index (χ3n) is 3.41. The van der Waals surface area contributed by atoms with Crippen LogP contribution in [0.1, 0.15) is 12.8 Å². The molecule has 106 valence electrons. The Morgan fingerprint density at radius 2 is 2.15 bits per heavy atom. The molecular formula is C14H16FN3OS. The van der Waals surface area contributed by atoms with Crippen molar-refractivity contribution >= 4 is 11.8 Å². The first-order valence-electron chi connectivity index (χ1n) is 6.62. The average molecular weight is 293 g/mol. The summed E-state index contributed by atoms with van der Waals surface area (Å²) in [5.74, 6) is 0.522. The van der Waals surface area contributed by atoms with Crippen LogP contribution in [0.5, 0.6) is 0 Å². The summed E-state index contributed by atoms with van der Waals surface area (Å²) in [5.41, 5.74) is 0.872. The maximum absolute atomic E-state index is 13.0. The zero-order valence-corrected chi connectivity index (χ0v) is 12.1. The number of hydrogen-bond acceptors (Lipinski definition) is 4. The minimum Gasteiger partial charge on any atom is -0.376 e. The molecule has 0 spiro atoms. The van der Waals surface area contributed by atoms with Gasteiger partial charge in [0.25, 0.3) is 0 Å². The van der Waals surface area contributed by atoms with Crippen LogP contribution in [0.4, 0.5) is 4.39 Å². The Balaban J connectivity index is 1.93. The molecule has 3 rings (SSSR count). The van der Waals surface area contributed by atoms with Crippen LogP contribution >= 0.6 is 11.8 Å². The van der Waals surface area contributed by atoms with Crippen LogP contribution in [0.3, 0.4) is 0 Å². The summed E-state index contributed by atoms with van der Waals surface area (Å²) in [6.07, 6.45) is 4.36. The molecule has 1 atom stereocenters. The molecule has 2 heterocycles. The molecule has 0 N–H and O–H groups in total. The van der Waals surface area contributed by atoms with Crippen molar-refractivity contribution in [2.75, 3.05) is 12.9 Å². The molecule has 0 unspecified atom stereocenters. The quantitative estimate of drug-likeness (QED) is 0.813. The molecule has 0 saturated carbocycles. The Kier molecular flexibility index (Phi) is 4.03. The molecule has 1 aliphatic heterocycles. The highest BCUT2D eigenvalue weighted by molar-refractivity contribution is 7.98. The van der Waals surface area contributed by atoms with Gasteiger partial charge in [-0.1, -0.05) is 11.8 Å². The van der Waals surface area contributed by atoms with Gasteiger partial charge >= 0.3 is 0 Å². The van der Waals surface area contributed by atoms with Crippen LogP contribution in [0, 0.1) is 5.82 Å². The lowest BCUT2D eigenvalue weighted by Crippen LogP contribution is -2.16. The molecule has 1 aromatic carbocycles. The number of benzene rings is 1. The molecule has 0 aliphatic carbocycles. The van der Waals surface area contributed by atoms with Gasteiger partial charge in [0.15, 0.2) is 11.0 Å². The predicted molar refractivity (Wildman–Crippen MR) is 76.2 cm³/mol. The lowest BCUT2D eigenvalue weighted by molar-refractivity contribution is 0.0953. The van der Waals surface area contributed by atoms with Gasteiger partial charge in [0.1, 0.15) is 5.82 Å². The molecule has 0 radical (unpaired) electrons. The van der Waals surface area contributed by atoms with Gasteiger partial charge in [0.2, 0.25) is 0 Å². The second-order valence-corrected chi connectivity index (χ2v) is 5.54. The van der Waals surface area contributed by atoms with E-state index >= 15 is 0 Å². The Morgan fingerprint density at radius 3 is 2.80 bits per heavy atom. The van der Waals surface area contributed by atoms with Gasteiger partial charge in [-0.3, -0.25) is 4.57 Å². The van der Waals surface area contributed by atoms with E-state index < -0.39 is 0 Å². The van der Waals surface area contributed by atoms with E-state index in [9.17, 15) is 4.39 Å². The largest absolute Gasteiger partial charge is 0.376 e. The van der Waals surface area contributed by atoms with E-state index in [1.807, 2.05) is 6.26 Å². The lowest BCUT2D eigenvalue weighted by Gasteiger charge is -2.14. The number of nitrogens with zero attached hydrogens (tertiary/aromatic N) is 3. The fourth-order valence-electron chi connectivity index (χ4n) is 2.41. The first-order chi connectivity index (χ1) is 9.78. The molecule has 4 nitrogen and oxygen atoms in total. The highest BCUT2D eigenvalue weighted by Gasteiger charge is 2.21. The van der Waals surface area contributed by atoms with E-state index in [-0.39, 0.29) is 11.9 Å². The minimum atomic E-state index is -0.246. The fraction of sp³-hybridized carbons (Fsp3) is 0.429. The molecular weight excluding hydrogens is 277 g/mol. The molecule has 0 amide bonds. The van der Waals surface area contributed by atoms with Crippen molar-refractivity contribution in [1.29, 1.82) is 0 Å². The van der Waals surface area contributed by atoms with Gasteiger partial charge in [0, 0.05) is 12.2 Å². The van der Waals surface area contributed by atoms with Crippen LogP contribution in [0.2, 0.25) is 0 Å². The van der Waals surface area contributed by atoms with E-state index in [4.69, 9.17) is 4.74 Å². The highest BCUT2D eigenvalue weighted by Crippen LogP contribution is 2.25. The number of aromatic nitrogens is 3. The molecule has 1 aliphatic rings. The van der Waals surface area contributed by atoms with Crippen LogP contribution in [-0.2, 0) is 11.3 Å². The van der Waals surface area contributed by atoms with Crippen molar-refractivity contribution in [3.05, 3.63) is 30.1 Å². The van der Waals surface area contributed by atoms with Crippen molar-refractivity contribution < 1.29 is 9.13 Å². The van der Waals surface area contributed by atoms with Gasteiger partial charge in [-0.25, -0.2) is 4.39 Å². The Labute approximate surface area is 121 Å². The normalized spacial score (nSPS) is 18.6. The van der Waals surface area contributed by atoms with Gasteiger partial charge in [-0.05, 0) is 43.4 Å². The maximum atomic E-state index is 13.0.